The first-order valence-electron chi connectivity index (χ1n) is 8.33. The summed E-state index contributed by atoms with van der Waals surface area (Å²) in [6.45, 7) is 3.53. The zero-order chi connectivity index (χ0) is 15.5. The van der Waals surface area contributed by atoms with Crippen LogP contribution in [0.15, 0.2) is 24.3 Å². The Morgan fingerprint density at radius 1 is 1.14 bits per heavy atom. The van der Waals surface area contributed by atoms with Crippen LogP contribution in [0.3, 0.4) is 0 Å². The fraction of sp³-hybridized carbons (Fsp3) is 0.556. The van der Waals surface area contributed by atoms with Crippen LogP contribution in [-0.4, -0.2) is 29.3 Å². The van der Waals surface area contributed by atoms with E-state index in [9.17, 15) is 9.59 Å². The molecule has 2 fully saturated rings. The van der Waals surface area contributed by atoms with Crippen LogP contribution in [-0.2, 0) is 11.3 Å². The normalized spacial score (nSPS) is 21.5. The van der Waals surface area contributed by atoms with Gasteiger partial charge in [0.2, 0.25) is 5.91 Å². The minimum absolute atomic E-state index is 0.126. The number of nitrogens with zero attached hydrogens (tertiary/aromatic N) is 1. The third-order valence-corrected chi connectivity index (χ3v) is 4.68. The molecule has 0 radical (unpaired) electrons. The minimum atomic E-state index is 0.126. The Hall–Kier alpha value is -1.84. The lowest BCUT2D eigenvalue weighted by Gasteiger charge is -2.33. The van der Waals surface area contributed by atoms with Crippen molar-refractivity contribution in [3.05, 3.63) is 35.4 Å². The summed E-state index contributed by atoms with van der Waals surface area (Å²) in [5, 5.41) is 2.95. The Morgan fingerprint density at radius 3 is 2.50 bits per heavy atom. The van der Waals surface area contributed by atoms with Crippen molar-refractivity contribution in [3.8, 4) is 0 Å². The van der Waals surface area contributed by atoms with Gasteiger partial charge in [-0.2, -0.15) is 0 Å². The predicted octanol–water partition coefficient (Wildman–Crippen LogP) is 2.73. The number of piperidine rings is 1. The summed E-state index contributed by atoms with van der Waals surface area (Å²) in [5.74, 6) is 0.518. The number of amides is 2. The van der Waals surface area contributed by atoms with E-state index in [1.807, 2.05) is 29.2 Å². The second-order valence-corrected chi connectivity index (χ2v) is 6.53. The van der Waals surface area contributed by atoms with Gasteiger partial charge in [-0.25, -0.2) is 0 Å². The molecule has 2 amide bonds. The maximum absolute atomic E-state index is 12.5. The summed E-state index contributed by atoms with van der Waals surface area (Å²) < 4.78 is 0. The van der Waals surface area contributed by atoms with Gasteiger partial charge in [-0.05, 0) is 56.7 Å². The quantitative estimate of drug-likeness (QED) is 0.929. The highest BCUT2D eigenvalue weighted by molar-refractivity contribution is 5.94. The fourth-order valence-corrected chi connectivity index (χ4v) is 3.01. The van der Waals surface area contributed by atoms with Crippen LogP contribution >= 0.6 is 0 Å². The van der Waals surface area contributed by atoms with E-state index in [1.54, 1.807) is 0 Å². The summed E-state index contributed by atoms with van der Waals surface area (Å²) in [5.41, 5.74) is 1.78. The summed E-state index contributed by atoms with van der Waals surface area (Å²) in [6.07, 6.45) is 5.45. The molecular weight excluding hydrogens is 276 g/mol. The molecule has 4 heteroatoms. The fourth-order valence-electron chi connectivity index (χ4n) is 3.01. The molecule has 1 unspecified atom stereocenters. The molecule has 1 aliphatic heterocycles. The molecule has 1 saturated carbocycles. The molecule has 1 aromatic rings. The first-order chi connectivity index (χ1) is 10.6. The van der Waals surface area contributed by atoms with Crippen molar-refractivity contribution in [2.45, 2.75) is 51.6 Å². The Labute approximate surface area is 131 Å². The highest BCUT2D eigenvalue weighted by Gasteiger charge is 2.29. The molecule has 1 atom stereocenters. The maximum atomic E-state index is 12.5. The van der Waals surface area contributed by atoms with Crippen molar-refractivity contribution >= 4 is 11.8 Å². The van der Waals surface area contributed by atoms with Gasteiger partial charge in [0.25, 0.3) is 5.91 Å². The lowest BCUT2D eigenvalue weighted by Crippen LogP contribution is -2.42. The van der Waals surface area contributed by atoms with E-state index in [-0.39, 0.29) is 17.7 Å². The predicted molar refractivity (Wildman–Crippen MR) is 85.4 cm³/mol. The van der Waals surface area contributed by atoms with Crippen molar-refractivity contribution in [3.63, 3.8) is 0 Å². The number of hydrogen-bond donors (Lipinski definition) is 1. The van der Waals surface area contributed by atoms with Crippen LogP contribution in [0, 0.1) is 5.92 Å². The van der Waals surface area contributed by atoms with Gasteiger partial charge in [-0.3, -0.25) is 9.59 Å². The monoisotopic (exact) mass is 300 g/mol. The number of rotatable bonds is 4. The average molecular weight is 300 g/mol. The summed E-state index contributed by atoms with van der Waals surface area (Å²) >= 11 is 0. The van der Waals surface area contributed by atoms with Crippen molar-refractivity contribution < 1.29 is 9.59 Å². The Bertz CT molecular complexity index is 549. The molecule has 4 nitrogen and oxygen atoms in total. The molecule has 2 aliphatic rings. The highest BCUT2D eigenvalue weighted by Crippen LogP contribution is 2.28. The van der Waals surface area contributed by atoms with Gasteiger partial charge in [0.15, 0.2) is 0 Å². The van der Waals surface area contributed by atoms with Crippen LogP contribution in [0.5, 0.6) is 0 Å². The second-order valence-electron chi connectivity index (χ2n) is 6.53. The molecular formula is C18H24N2O2. The van der Waals surface area contributed by atoms with Gasteiger partial charge in [-0.1, -0.05) is 12.1 Å². The summed E-state index contributed by atoms with van der Waals surface area (Å²) in [7, 11) is 0. The van der Waals surface area contributed by atoms with Crippen molar-refractivity contribution in [1.29, 1.82) is 0 Å². The van der Waals surface area contributed by atoms with Gasteiger partial charge in [0.05, 0.1) is 0 Å². The zero-order valence-electron chi connectivity index (χ0n) is 13.2. The van der Waals surface area contributed by atoms with Crippen molar-refractivity contribution in [1.82, 2.24) is 10.2 Å². The lowest BCUT2D eigenvalue weighted by molar-refractivity contribution is -0.122. The summed E-state index contributed by atoms with van der Waals surface area (Å²) in [4.78, 5) is 26.1. The highest BCUT2D eigenvalue weighted by atomic mass is 16.2. The van der Waals surface area contributed by atoms with Crippen LogP contribution < -0.4 is 5.32 Å². The zero-order valence-corrected chi connectivity index (χ0v) is 13.2. The summed E-state index contributed by atoms with van der Waals surface area (Å²) in [6, 6.07) is 7.97. The average Bonchev–Trinajstić information content (AvgIpc) is 3.38. The minimum Gasteiger partial charge on any atom is -0.352 e. The van der Waals surface area contributed by atoms with E-state index in [4.69, 9.17) is 0 Å². The molecule has 3 rings (SSSR count). The number of carbonyl (C=O) groups excluding carboxylic acids is 2. The van der Waals surface area contributed by atoms with Gasteiger partial charge < -0.3 is 10.2 Å². The van der Waals surface area contributed by atoms with E-state index in [0.717, 1.165) is 43.4 Å². The SMILES string of the molecule is CC1CCCCN1C(=O)c1ccc(CNC(=O)C2CC2)cc1. The topological polar surface area (TPSA) is 49.4 Å². The Kier molecular flexibility index (Phi) is 4.46. The van der Waals surface area contributed by atoms with Gasteiger partial charge in [-0.15, -0.1) is 0 Å². The van der Waals surface area contributed by atoms with E-state index >= 15 is 0 Å². The van der Waals surface area contributed by atoms with Crippen molar-refractivity contribution in [2.24, 2.45) is 5.92 Å². The lowest BCUT2D eigenvalue weighted by atomic mass is 10.0. The first kappa shape index (κ1) is 15.1. The van der Waals surface area contributed by atoms with Gasteiger partial charge in [0.1, 0.15) is 0 Å². The standard InChI is InChI=1S/C18H24N2O2/c1-13-4-2-3-11-20(13)18(22)16-7-5-14(6-8-16)12-19-17(21)15-9-10-15/h5-8,13,15H,2-4,9-12H2,1H3,(H,19,21). The van der Waals surface area contributed by atoms with E-state index < -0.39 is 0 Å². The first-order valence-corrected chi connectivity index (χ1v) is 8.33. The van der Waals surface area contributed by atoms with Gasteiger partial charge in [0, 0.05) is 30.6 Å². The molecule has 0 aromatic heterocycles. The van der Waals surface area contributed by atoms with Crippen LogP contribution in [0.1, 0.15) is 54.9 Å². The van der Waals surface area contributed by atoms with Gasteiger partial charge >= 0.3 is 0 Å². The Morgan fingerprint density at radius 2 is 1.86 bits per heavy atom. The molecule has 1 saturated heterocycles. The molecule has 0 spiro atoms. The van der Waals surface area contributed by atoms with Crippen LogP contribution in [0.2, 0.25) is 0 Å². The number of benzene rings is 1. The molecule has 1 heterocycles. The number of carbonyl (C=O) groups is 2. The Balaban J connectivity index is 1.58. The molecule has 22 heavy (non-hydrogen) atoms. The second kappa shape index (κ2) is 6.51. The molecule has 0 bridgehead atoms. The van der Waals surface area contributed by atoms with Crippen molar-refractivity contribution in [2.75, 3.05) is 6.54 Å². The van der Waals surface area contributed by atoms with Crippen LogP contribution in [0.4, 0.5) is 0 Å². The number of nitrogens with one attached hydrogen (secondary N) is 1. The third kappa shape index (κ3) is 3.49. The van der Waals surface area contributed by atoms with E-state index in [2.05, 4.69) is 12.2 Å². The third-order valence-electron chi connectivity index (χ3n) is 4.68. The van der Waals surface area contributed by atoms with E-state index in [1.165, 1.54) is 6.42 Å². The number of likely N-dealkylation sites (tertiary alicyclic amines) is 1. The van der Waals surface area contributed by atoms with E-state index in [0.29, 0.717) is 12.6 Å². The largest absolute Gasteiger partial charge is 0.352 e. The molecule has 1 aliphatic carbocycles. The smallest absolute Gasteiger partial charge is 0.254 e. The molecule has 118 valence electrons. The maximum Gasteiger partial charge on any atom is 0.254 e. The number of hydrogen-bond acceptors (Lipinski definition) is 2. The van der Waals surface area contributed by atoms with Crippen LogP contribution in [0.25, 0.3) is 0 Å². The molecule has 1 N–H and O–H groups in total. The molecule has 1 aromatic carbocycles.